The Morgan fingerprint density at radius 1 is 1.12 bits per heavy atom. The van der Waals surface area contributed by atoms with Crippen molar-refractivity contribution in [2.45, 2.75) is 39.5 Å². The van der Waals surface area contributed by atoms with E-state index in [2.05, 4.69) is 10.1 Å². The molecule has 2 fully saturated rings. The Balaban J connectivity index is 1.57. The highest BCUT2D eigenvalue weighted by molar-refractivity contribution is 7.86. The molecule has 0 radical (unpaired) electrons. The summed E-state index contributed by atoms with van der Waals surface area (Å²) in [5.41, 5.74) is 0.863. The molecule has 1 aromatic heterocycles. The number of aryl methyl sites for hydroxylation is 1. The fourth-order valence-electron chi connectivity index (χ4n) is 3.31. The van der Waals surface area contributed by atoms with Crippen LogP contribution in [0.3, 0.4) is 0 Å². The molecular formula is C15H26N4O4S. The van der Waals surface area contributed by atoms with Gasteiger partial charge in [-0.15, -0.1) is 0 Å². The van der Waals surface area contributed by atoms with Gasteiger partial charge in [-0.2, -0.15) is 17.0 Å². The number of hydrogen-bond acceptors (Lipinski definition) is 6. The first kappa shape index (κ1) is 17.8. The molecular weight excluding hydrogens is 332 g/mol. The molecule has 0 aliphatic carbocycles. The van der Waals surface area contributed by atoms with Crippen molar-refractivity contribution in [3.8, 4) is 0 Å². The van der Waals surface area contributed by atoms with Gasteiger partial charge < -0.3 is 9.26 Å². The lowest BCUT2D eigenvalue weighted by molar-refractivity contribution is -0.0458. The van der Waals surface area contributed by atoms with Gasteiger partial charge in [0.05, 0.1) is 24.4 Å². The zero-order chi connectivity index (χ0) is 17.3. The fourth-order valence-corrected chi connectivity index (χ4v) is 5.06. The number of nitrogens with zero attached hydrogens (tertiary/aromatic N) is 4. The molecule has 8 nitrogen and oxygen atoms in total. The predicted octanol–water partition coefficient (Wildman–Crippen LogP) is 0.455. The Morgan fingerprint density at radius 3 is 2.29 bits per heavy atom. The predicted molar refractivity (Wildman–Crippen MR) is 88.6 cm³/mol. The largest absolute Gasteiger partial charge is 0.373 e. The minimum absolute atomic E-state index is 0.0699. The standard InChI is InChI=1S/C15H26N4O4S/c1-12-8-15(23-16-12)11-17-4-6-18(7-5-17)24(20,21)19-9-13(2)22-14(3)10-19/h8,13-14H,4-7,9-11H2,1-3H3. The molecule has 0 bridgehead atoms. The average Bonchev–Trinajstić information content (AvgIpc) is 2.92. The Hall–Kier alpha value is -1.00. The van der Waals surface area contributed by atoms with Crippen LogP contribution in [-0.4, -0.2) is 78.6 Å². The molecule has 24 heavy (non-hydrogen) atoms. The second-order valence-corrected chi connectivity index (χ2v) is 8.62. The van der Waals surface area contributed by atoms with E-state index in [4.69, 9.17) is 9.26 Å². The number of aromatic nitrogens is 1. The molecule has 2 aliphatic rings. The summed E-state index contributed by atoms with van der Waals surface area (Å²) in [6.45, 7) is 9.59. The molecule has 2 aliphatic heterocycles. The summed E-state index contributed by atoms with van der Waals surface area (Å²) in [5.74, 6) is 0.819. The highest BCUT2D eigenvalue weighted by Gasteiger charge is 2.36. The van der Waals surface area contributed by atoms with Crippen molar-refractivity contribution in [1.29, 1.82) is 0 Å². The summed E-state index contributed by atoms with van der Waals surface area (Å²) in [4.78, 5) is 2.19. The van der Waals surface area contributed by atoms with Crippen LogP contribution in [0, 0.1) is 6.92 Å². The summed E-state index contributed by atoms with van der Waals surface area (Å²) in [6.07, 6.45) is -0.140. The van der Waals surface area contributed by atoms with Crippen molar-refractivity contribution in [3.05, 3.63) is 17.5 Å². The Morgan fingerprint density at radius 2 is 1.75 bits per heavy atom. The molecule has 3 heterocycles. The van der Waals surface area contributed by atoms with E-state index in [0.717, 1.165) is 11.5 Å². The molecule has 0 N–H and O–H groups in total. The SMILES string of the molecule is Cc1cc(CN2CCN(S(=O)(=O)N3CC(C)OC(C)C3)CC2)on1. The summed E-state index contributed by atoms with van der Waals surface area (Å²) < 4.78 is 39.7. The second-order valence-electron chi connectivity index (χ2n) is 6.69. The molecule has 3 rings (SSSR count). The van der Waals surface area contributed by atoms with Crippen LogP contribution >= 0.6 is 0 Å². The Kier molecular flexibility index (Phi) is 5.26. The third kappa shape index (κ3) is 3.97. The molecule has 2 unspecified atom stereocenters. The van der Waals surface area contributed by atoms with Gasteiger partial charge in [-0.1, -0.05) is 5.16 Å². The number of piperazine rings is 1. The normalized spacial score (nSPS) is 28.3. The maximum atomic E-state index is 12.8. The van der Waals surface area contributed by atoms with E-state index in [1.165, 1.54) is 0 Å². The van der Waals surface area contributed by atoms with Crippen molar-refractivity contribution < 1.29 is 17.7 Å². The minimum Gasteiger partial charge on any atom is -0.373 e. The van der Waals surface area contributed by atoms with Crippen LogP contribution in [0.2, 0.25) is 0 Å². The number of ether oxygens (including phenoxy) is 1. The van der Waals surface area contributed by atoms with Crippen molar-refractivity contribution in [2.75, 3.05) is 39.3 Å². The summed E-state index contributed by atoms with van der Waals surface area (Å²) in [7, 11) is -3.42. The third-order valence-corrected chi connectivity index (χ3v) is 6.39. The summed E-state index contributed by atoms with van der Waals surface area (Å²) in [6, 6.07) is 1.92. The van der Waals surface area contributed by atoms with Crippen LogP contribution in [0.1, 0.15) is 25.3 Å². The minimum atomic E-state index is -3.42. The first-order chi connectivity index (χ1) is 11.3. The Labute approximate surface area is 143 Å². The van der Waals surface area contributed by atoms with Crippen molar-refractivity contribution in [2.24, 2.45) is 0 Å². The van der Waals surface area contributed by atoms with Crippen molar-refractivity contribution in [1.82, 2.24) is 18.7 Å². The van der Waals surface area contributed by atoms with Crippen LogP contribution < -0.4 is 0 Å². The van der Waals surface area contributed by atoms with Gasteiger partial charge in [0.1, 0.15) is 0 Å². The lowest BCUT2D eigenvalue weighted by Crippen LogP contribution is -2.56. The van der Waals surface area contributed by atoms with Crippen LogP contribution in [0.15, 0.2) is 10.6 Å². The van der Waals surface area contributed by atoms with Crippen molar-refractivity contribution in [3.63, 3.8) is 0 Å². The first-order valence-corrected chi connectivity index (χ1v) is 9.79. The summed E-state index contributed by atoms with van der Waals surface area (Å²) in [5, 5.41) is 3.89. The maximum absolute atomic E-state index is 12.8. The molecule has 0 saturated carbocycles. The first-order valence-electron chi connectivity index (χ1n) is 8.40. The number of rotatable bonds is 4. The smallest absolute Gasteiger partial charge is 0.282 e. The average molecular weight is 358 g/mol. The highest BCUT2D eigenvalue weighted by atomic mass is 32.2. The topological polar surface area (TPSA) is 79.1 Å². The van der Waals surface area contributed by atoms with E-state index in [1.54, 1.807) is 8.61 Å². The van der Waals surface area contributed by atoms with Crippen molar-refractivity contribution >= 4 is 10.2 Å². The van der Waals surface area contributed by atoms with Gasteiger partial charge in [-0.3, -0.25) is 4.90 Å². The van der Waals surface area contributed by atoms with E-state index in [-0.39, 0.29) is 12.2 Å². The lowest BCUT2D eigenvalue weighted by Gasteiger charge is -2.40. The van der Waals surface area contributed by atoms with Gasteiger partial charge in [-0.25, -0.2) is 0 Å². The maximum Gasteiger partial charge on any atom is 0.282 e. The highest BCUT2D eigenvalue weighted by Crippen LogP contribution is 2.19. The van der Waals surface area contributed by atoms with E-state index in [1.807, 2.05) is 26.8 Å². The van der Waals surface area contributed by atoms with E-state index >= 15 is 0 Å². The second kappa shape index (κ2) is 7.09. The third-order valence-electron chi connectivity index (χ3n) is 4.43. The monoisotopic (exact) mass is 358 g/mol. The zero-order valence-corrected chi connectivity index (χ0v) is 15.3. The van der Waals surface area contributed by atoms with Crippen LogP contribution in [-0.2, 0) is 21.5 Å². The number of morpholine rings is 1. The molecule has 2 saturated heterocycles. The molecule has 0 spiro atoms. The van der Waals surface area contributed by atoms with E-state index in [0.29, 0.717) is 45.8 Å². The molecule has 0 amide bonds. The molecule has 1 aromatic rings. The van der Waals surface area contributed by atoms with E-state index in [9.17, 15) is 8.42 Å². The van der Waals surface area contributed by atoms with Gasteiger partial charge in [0.15, 0.2) is 5.76 Å². The lowest BCUT2D eigenvalue weighted by atomic mass is 10.3. The van der Waals surface area contributed by atoms with Gasteiger partial charge >= 0.3 is 0 Å². The fraction of sp³-hybridized carbons (Fsp3) is 0.800. The zero-order valence-electron chi connectivity index (χ0n) is 14.5. The molecule has 136 valence electrons. The molecule has 9 heteroatoms. The molecule has 0 aromatic carbocycles. The van der Waals surface area contributed by atoms with Gasteiger partial charge in [-0.05, 0) is 20.8 Å². The quantitative estimate of drug-likeness (QED) is 0.778. The van der Waals surface area contributed by atoms with E-state index < -0.39 is 10.2 Å². The van der Waals surface area contributed by atoms with Crippen LogP contribution in [0.4, 0.5) is 0 Å². The Bertz CT molecular complexity index is 644. The van der Waals surface area contributed by atoms with Crippen LogP contribution in [0.5, 0.6) is 0 Å². The molecule has 2 atom stereocenters. The summed E-state index contributed by atoms with van der Waals surface area (Å²) >= 11 is 0. The van der Waals surface area contributed by atoms with Crippen LogP contribution in [0.25, 0.3) is 0 Å². The number of hydrogen-bond donors (Lipinski definition) is 0. The van der Waals surface area contributed by atoms with Gasteiger partial charge in [0.25, 0.3) is 10.2 Å². The van der Waals surface area contributed by atoms with Gasteiger partial charge in [0, 0.05) is 45.3 Å². The van der Waals surface area contributed by atoms with Gasteiger partial charge in [0.2, 0.25) is 0 Å².